The minimum absolute atomic E-state index is 0.00300. The number of halogens is 1. The Morgan fingerprint density at radius 1 is 1.27 bits per heavy atom. The zero-order chi connectivity index (χ0) is 33.4. The molecular formula is C35H53ClN6O3. The maximum atomic E-state index is 14.7. The Morgan fingerprint density at radius 2 is 1.96 bits per heavy atom. The lowest BCUT2D eigenvalue weighted by Gasteiger charge is -2.48. The topological polar surface area (TPSA) is 133 Å². The molecule has 3 aliphatic rings. The zero-order valence-electron chi connectivity index (χ0n) is 28.2. The number of carbonyl (C=O) groups is 2. The lowest BCUT2D eigenvalue weighted by molar-refractivity contribution is -0.132. The van der Waals surface area contributed by atoms with Crippen LogP contribution in [-0.2, 0) is 14.3 Å². The second-order valence-corrected chi connectivity index (χ2v) is 14.9. The monoisotopic (exact) mass is 640 g/mol. The third kappa shape index (κ3) is 9.72. The minimum atomic E-state index is -0.691. The zero-order valence-corrected chi connectivity index (χ0v) is 29.0. The van der Waals surface area contributed by atoms with Crippen LogP contribution in [0.3, 0.4) is 0 Å². The standard InChI is InChI=1S/C35H53ClN6O3/c1-33(2,3)17-15-28(24-9-8-10-25(12-11-24)31(43)40-22-29(37)38)42-32(44)30(26(16-20-36)21-39-23-45-7)41-35(42)18-13-27(14-19-35)34(4,5)6/h8-9,11-12,16,21,27-28H,10,13-15,17-20,22-23H2,1-7H3,(H3,37,38)(H,40,43)/b26-16+,39-21-/t27?,28-,35?/m1/s1. The van der Waals surface area contributed by atoms with Gasteiger partial charge in [-0.05, 0) is 67.3 Å². The van der Waals surface area contributed by atoms with Gasteiger partial charge in [-0.2, -0.15) is 0 Å². The number of rotatable bonds is 12. The molecule has 3 rings (SSSR count). The van der Waals surface area contributed by atoms with Crippen LogP contribution in [0.2, 0.25) is 0 Å². The summed E-state index contributed by atoms with van der Waals surface area (Å²) in [6, 6.07) is -0.260. The number of nitrogens with two attached hydrogens (primary N) is 1. The van der Waals surface area contributed by atoms with Gasteiger partial charge in [0.1, 0.15) is 23.9 Å². The van der Waals surface area contributed by atoms with Crippen molar-refractivity contribution in [1.29, 1.82) is 5.41 Å². The number of carbonyl (C=O) groups excluding carboxylic acids is 2. The number of methoxy groups -OCH3 is 1. The fraction of sp³-hybridized carbons (Fsp3) is 0.629. The maximum absolute atomic E-state index is 14.7. The summed E-state index contributed by atoms with van der Waals surface area (Å²) >= 11 is 6.17. The highest BCUT2D eigenvalue weighted by Gasteiger charge is 2.53. The highest BCUT2D eigenvalue weighted by Crippen LogP contribution is 2.48. The van der Waals surface area contributed by atoms with Crippen molar-refractivity contribution in [2.75, 3.05) is 26.3 Å². The van der Waals surface area contributed by atoms with E-state index in [1.54, 1.807) is 19.4 Å². The van der Waals surface area contributed by atoms with E-state index in [2.05, 4.69) is 51.9 Å². The first kappa shape index (κ1) is 36.4. The Bertz CT molecular complexity index is 1290. The summed E-state index contributed by atoms with van der Waals surface area (Å²) in [5.41, 5.74) is 7.50. The second kappa shape index (κ2) is 15.5. The Labute approximate surface area is 274 Å². The molecule has 10 heteroatoms. The summed E-state index contributed by atoms with van der Waals surface area (Å²) in [6.07, 6.45) is 16.8. The summed E-state index contributed by atoms with van der Waals surface area (Å²) < 4.78 is 5.12. The van der Waals surface area contributed by atoms with Crippen LogP contribution in [0.15, 0.2) is 57.1 Å². The number of amides is 2. The molecule has 1 spiro atoms. The van der Waals surface area contributed by atoms with Gasteiger partial charge in [0.2, 0.25) is 5.91 Å². The molecule has 4 N–H and O–H groups in total. The molecule has 1 heterocycles. The van der Waals surface area contributed by atoms with Gasteiger partial charge in [-0.15, -0.1) is 11.6 Å². The van der Waals surface area contributed by atoms with Gasteiger partial charge in [0, 0.05) is 30.4 Å². The van der Waals surface area contributed by atoms with Crippen LogP contribution in [0.1, 0.15) is 86.5 Å². The average Bonchev–Trinajstić information content (AvgIpc) is 3.09. The Hall–Kier alpha value is -3.04. The Morgan fingerprint density at radius 3 is 2.53 bits per heavy atom. The van der Waals surface area contributed by atoms with Gasteiger partial charge >= 0.3 is 0 Å². The van der Waals surface area contributed by atoms with Crippen molar-refractivity contribution >= 4 is 41.2 Å². The molecule has 1 aliphatic heterocycles. The van der Waals surface area contributed by atoms with Crippen molar-refractivity contribution in [1.82, 2.24) is 10.2 Å². The highest BCUT2D eigenvalue weighted by atomic mass is 35.5. The van der Waals surface area contributed by atoms with E-state index >= 15 is 0 Å². The van der Waals surface area contributed by atoms with E-state index in [-0.39, 0.29) is 53.7 Å². The number of aliphatic imine (C=N–C) groups is 2. The SMILES string of the molecule is COC/N=C\C(=C/CCl)C1=NC2(CCC(C(C)(C)C)CC2)N([C@H](CCC(C)(C)C)C2=CC=C(C(=O)NCC(=N)N)CC=C2)C1=O. The number of amidine groups is 1. The van der Waals surface area contributed by atoms with Crippen LogP contribution in [0.5, 0.6) is 0 Å². The number of nitrogens with zero attached hydrogens (tertiary/aromatic N) is 3. The van der Waals surface area contributed by atoms with E-state index < -0.39 is 5.66 Å². The van der Waals surface area contributed by atoms with E-state index in [1.165, 1.54) is 0 Å². The fourth-order valence-electron chi connectivity index (χ4n) is 6.37. The Kier molecular flexibility index (Phi) is 12.5. The molecule has 9 nitrogen and oxygen atoms in total. The third-order valence-corrected chi connectivity index (χ3v) is 9.08. The fourth-order valence-corrected chi connectivity index (χ4v) is 6.54. The Balaban J connectivity index is 2.12. The van der Waals surface area contributed by atoms with Gasteiger partial charge in [0.05, 0.1) is 12.6 Å². The van der Waals surface area contributed by atoms with E-state index in [9.17, 15) is 9.59 Å². The molecule has 1 saturated carbocycles. The van der Waals surface area contributed by atoms with Gasteiger partial charge in [-0.3, -0.25) is 25.0 Å². The molecule has 45 heavy (non-hydrogen) atoms. The molecule has 2 aliphatic carbocycles. The van der Waals surface area contributed by atoms with Crippen molar-refractivity contribution in [3.05, 3.63) is 47.1 Å². The lowest BCUT2D eigenvalue weighted by Crippen LogP contribution is -2.55. The van der Waals surface area contributed by atoms with Crippen LogP contribution in [0.25, 0.3) is 0 Å². The molecule has 248 valence electrons. The van der Waals surface area contributed by atoms with Gasteiger partial charge in [-0.1, -0.05) is 71.9 Å². The van der Waals surface area contributed by atoms with E-state index in [0.29, 0.717) is 29.2 Å². The molecule has 0 bridgehead atoms. The van der Waals surface area contributed by atoms with Crippen LogP contribution in [0, 0.1) is 22.2 Å². The summed E-state index contributed by atoms with van der Waals surface area (Å²) in [7, 11) is 1.57. The van der Waals surface area contributed by atoms with E-state index in [1.807, 2.05) is 29.2 Å². The molecule has 2 amide bonds. The first-order valence-corrected chi connectivity index (χ1v) is 16.5. The smallest absolute Gasteiger partial charge is 0.275 e. The molecule has 0 aromatic carbocycles. The van der Waals surface area contributed by atoms with Crippen LogP contribution < -0.4 is 11.1 Å². The minimum Gasteiger partial charge on any atom is -0.386 e. The third-order valence-electron chi connectivity index (χ3n) is 8.93. The largest absolute Gasteiger partial charge is 0.386 e. The first-order valence-electron chi connectivity index (χ1n) is 16.0. The number of allylic oxidation sites excluding steroid dienone is 4. The van der Waals surface area contributed by atoms with Crippen LogP contribution in [-0.4, -0.2) is 72.4 Å². The molecule has 1 fully saturated rings. The number of alkyl halides is 1. The van der Waals surface area contributed by atoms with Crippen molar-refractivity contribution < 1.29 is 14.3 Å². The second-order valence-electron chi connectivity index (χ2n) is 14.6. The summed E-state index contributed by atoms with van der Waals surface area (Å²) in [5.74, 6) is 0.274. The highest BCUT2D eigenvalue weighted by molar-refractivity contribution is 6.51. The predicted molar refractivity (Wildman–Crippen MR) is 185 cm³/mol. The number of hydrogen-bond acceptors (Lipinski definition) is 6. The molecular weight excluding hydrogens is 588 g/mol. The summed E-state index contributed by atoms with van der Waals surface area (Å²) in [6.45, 7) is 13.7. The number of ether oxygens (including phenoxy) is 1. The molecule has 0 aromatic rings. The number of nitrogens with one attached hydrogen (secondary N) is 2. The molecule has 0 aromatic heterocycles. The van der Waals surface area contributed by atoms with Crippen LogP contribution in [0.4, 0.5) is 0 Å². The predicted octanol–water partition coefficient (Wildman–Crippen LogP) is 6.10. The number of hydrogen-bond donors (Lipinski definition) is 3. The van der Waals surface area contributed by atoms with Gasteiger partial charge in [0.15, 0.2) is 0 Å². The lowest BCUT2D eigenvalue weighted by atomic mass is 9.69. The quantitative estimate of drug-likeness (QED) is 0.135. The van der Waals surface area contributed by atoms with Crippen molar-refractivity contribution in [3.8, 4) is 0 Å². The van der Waals surface area contributed by atoms with Crippen molar-refractivity contribution in [2.24, 2.45) is 32.5 Å². The molecule has 0 saturated heterocycles. The summed E-state index contributed by atoms with van der Waals surface area (Å²) in [4.78, 5) is 39.2. The average molecular weight is 641 g/mol. The van der Waals surface area contributed by atoms with Gasteiger partial charge < -0.3 is 20.7 Å². The van der Waals surface area contributed by atoms with Crippen LogP contribution >= 0.6 is 11.6 Å². The van der Waals surface area contributed by atoms with Gasteiger partial charge in [-0.25, -0.2) is 0 Å². The molecule has 0 radical (unpaired) electrons. The van der Waals surface area contributed by atoms with Crippen molar-refractivity contribution in [3.63, 3.8) is 0 Å². The van der Waals surface area contributed by atoms with Gasteiger partial charge in [0.25, 0.3) is 5.91 Å². The van der Waals surface area contributed by atoms with E-state index in [4.69, 9.17) is 32.5 Å². The summed E-state index contributed by atoms with van der Waals surface area (Å²) in [5, 5.41) is 10.2. The first-order chi connectivity index (χ1) is 21.1. The molecule has 1 atom stereocenters. The van der Waals surface area contributed by atoms with Crippen molar-refractivity contribution in [2.45, 2.75) is 98.2 Å². The molecule has 0 unspecified atom stereocenters. The normalized spacial score (nSPS) is 23.6. The maximum Gasteiger partial charge on any atom is 0.275 e. The van der Waals surface area contributed by atoms with E-state index in [0.717, 1.165) is 44.1 Å².